The summed E-state index contributed by atoms with van der Waals surface area (Å²) in [5, 5.41) is 9.93. The first kappa shape index (κ1) is 24.7. The SMILES string of the molecule is O=C(O)CCCC=C[C@@H]1C[C@@H](NS(=O)(=O)c2ccc(Cl)cc2)CN1Cc1ccc(Cl)cc1. The molecule has 2 aromatic carbocycles. The van der Waals surface area contributed by atoms with E-state index in [2.05, 4.69) is 9.62 Å². The van der Waals surface area contributed by atoms with Gasteiger partial charge in [0.2, 0.25) is 10.0 Å². The molecule has 2 atom stereocenters. The molecular formula is C23H26Cl2N2O4S. The Morgan fingerprint density at radius 1 is 1.09 bits per heavy atom. The van der Waals surface area contributed by atoms with Crippen molar-refractivity contribution in [2.75, 3.05) is 6.54 Å². The van der Waals surface area contributed by atoms with Crippen molar-refractivity contribution in [1.29, 1.82) is 0 Å². The van der Waals surface area contributed by atoms with Gasteiger partial charge in [-0.2, -0.15) is 0 Å². The summed E-state index contributed by atoms with van der Waals surface area (Å²) < 4.78 is 28.4. The zero-order valence-corrected chi connectivity index (χ0v) is 19.8. The molecule has 1 heterocycles. The topological polar surface area (TPSA) is 86.7 Å². The quantitative estimate of drug-likeness (QED) is 0.366. The Labute approximate surface area is 198 Å². The minimum atomic E-state index is -3.67. The molecule has 0 aliphatic carbocycles. The summed E-state index contributed by atoms with van der Waals surface area (Å²) in [4.78, 5) is 13.1. The molecule has 1 aliphatic rings. The number of sulfonamides is 1. The Kier molecular flexibility index (Phi) is 8.73. The summed E-state index contributed by atoms with van der Waals surface area (Å²) in [6.07, 6.45) is 6.02. The van der Waals surface area contributed by atoms with Crippen molar-refractivity contribution in [3.05, 3.63) is 76.3 Å². The van der Waals surface area contributed by atoms with Crippen LogP contribution in [0.4, 0.5) is 0 Å². The second-order valence-corrected chi connectivity index (χ2v) is 10.4. The molecule has 9 heteroatoms. The number of unbranched alkanes of at least 4 members (excludes halogenated alkanes) is 1. The van der Waals surface area contributed by atoms with Gasteiger partial charge in [-0.25, -0.2) is 13.1 Å². The van der Waals surface area contributed by atoms with Crippen molar-refractivity contribution >= 4 is 39.2 Å². The number of carboxylic acid groups (broad SMARTS) is 1. The van der Waals surface area contributed by atoms with E-state index in [-0.39, 0.29) is 23.4 Å². The van der Waals surface area contributed by atoms with Crippen LogP contribution in [-0.2, 0) is 21.4 Å². The molecule has 1 saturated heterocycles. The number of carbonyl (C=O) groups is 1. The van der Waals surface area contributed by atoms with Gasteiger partial charge >= 0.3 is 5.97 Å². The van der Waals surface area contributed by atoms with E-state index >= 15 is 0 Å². The highest BCUT2D eigenvalue weighted by molar-refractivity contribution is 7.89. The third-order valence-electron chi connectivity index (χ3n) is 5.31. The van der Waals surface area contributed by atoms with Gasteiger partial charge in [0, 0.05) is 41.6 Å². The van der Waals surface area contributed by atoms with Gasteiger partial charge in [0.1, 0.15) is 0 Å². The molecule has 32 heavy (non-hydrogen) atoms. The van der Waals surface area contributed by atoms with Crippen molar-refractivity contribution in [1.82, 2.24) is 9.62 Å². The molecule has 2 aromatic rings. The number of hydrogen-bond acceptors (Lipinski definition) is 4. The summed E-state index contributed by atoms with van der Waals surface area (Å²) in [7, 11) is -3.67. The molecule has 3 rings (SSSR count). The van der Waals surface area contributed by atoms with Crippen molar-refractivity contribution in [2.45, 2.75) is 49.2 Å². The van der Waals surface area contributed by atoms with E-state index in [0.29, 0.717) is 42.4 Å². The van der Waals surface area contributed by atoms with Crippen LogP contribution in [0.3, 0.4) is 0 Å². The minimum absolute atomic E-state index is 0.0356. The Morgan fingerprint density at radius 3 is 2.34 bits per heavy atom. The monoisotopic (exact) mass is 496 g/mol. The van der Waals surface area contributed by atoms with Gasteiger partial charge in [-0.1, -0.05) is 47.5 Å². The first-order valence-electron chi connectivity index (χ1n) is 10.4. The lowest BCUT2D eigenvalue weighted by atomic mass is 10.1. The number of allylic oxidation sites excluding steroid dienone is 1. The van der Waals surface area contributed by atoms with Crippen LogP contribution in [0.1, 0.15) is 31.2 Å². The van der Waals surface area contributed by atoms with Crippen molar-refractivity contribution in [3.8, 4) is 0 Å². The largest absolute Gasteiger partial charge is 0.481 e. The number of nitrogens with one attached hydrogen (secondary N) is 1. The molecule has 0 bridgehead atoms. The summed E-state index contributed by atoms with van der Waals surface area (Å²) in [5.74, 6) is -0.805. The Hall–Kier alpha value is -1.90. The molecule has 0 spiro atoms. The fourth-order valence-corrected chi connectivity index (χ4v) is 5.24. The van der Waals surface area contributed by atoms with Crippen LogP contribution in [0.15, 0.2) is 65.6 Å². The fraction of sp³-hybridized carbons (Fsp3) is 0.348. The summed E-state index contributed by atoms with van der Waals surface area (Å²) in [6.45, 7) is 1.21. The van der Waals surface area contributed by atoms with Gasteiger partial charge < -0.3 is 5.11 Å². The average molecular weight is 497 g/mol. The second kappa shape index (κ2) is 11.3. The van der Waals surface area contributed by atoms with Crippen LogP contribution in [0.2, 0.25) is 10.0 Å². The van der Waals surface area contributed by atoms with Gasteiger partial charge in [0.15, 0.2) is 0 Å². The predicted molar refractivity (Wildman–Crippen MR) is 126 cm³/mol. The van der Waals surface area contributed by atoms with Crippen molar-refractivity contribution < 1.29 is 18.3 Å². The third-order valence-corrected chi connectivity index (χ3v) is 7.35. The van der Waals surface area contributed by atoms with Gasteiger partial charge in [-0.15, -0.1) is 0 Å². The number of hydrogen-bond donors (Lipinski definition) is 2. The second-order valence-electron chi connectivity index (χ2n) is 7.85. The smallest absolute Gasteiger partial charge is 0.303 e. The Balaban J connectivity index is 1.69. The van der Waals surface area contributed by atoms with Crippen LogP contribution in [-0.4, -0.2) is 43.0 Å². The molecular weight excluding hydrogens is 471 g/mol. The zero-order valence-electron chi connectivity index (χ0n) is 17.5. The highest BCUT2D eigenvalue weighted by atomic mass is 35.5. The predicted octanol–water partition coefficient (Wildman–Crippen LogP) is 4.73. The van der Waals surface area contributed by atoms with E-state index in [1.165, 1.54) is 12.1 Å². The third kappa shape index (κ3) is 7.32. The van der Waals surface area contributed by atoms with E-state index in [0.717, 1.165) is 5.56 Å². The van der Waals surface area contributed by atoms with Crippen molar-refractivity contribution in [2.24, 2.45) is 0 Å². The Bertz CT molecular complexity index is 1040. The van der Waals surface area contributed by atoms with Crippen LogP contribution < -0.4 is 4.72 Å². The zero-order chi connectivity index (χ0) is 23.1. The molecule has 1 fully saturated rings. The van der Waals surface area contributed by atoms with Gasteiger partial charge in [-0.3, -0.25) is 9.69 Å². The summed E-state index contributed by atoms with van der Waals surface area (Å²) in [6, 6.07) is 13.5. The molecule has 0 amide bonds. The molecule has 2 N–H and O–H groups in total. The molecule has 6 nitrogen and oxygen atoms in total. The maximum absolute atomic E-state index is 12.8. The minimum Gasteiger partial charge on any atom is -0.481 e. The highest BCUT2D eigenvalue weighted by Gasteiger charge is 2.33. The van der Waals surface area contributed by atoms with Gasteiger partial charge in [0.25, 0.3) is 0 Å². The lowest BCUT2D eigenvalue weighted by Crippen LogP contribution is -2.37. The van der Waals surface area contributed by atoms with Gasteiger partial charge in [0.05, 0.1) is 4.90 Å². The van der Waals surface area contributed by atoms with Crippen molar-refractivity contribution in [3.63, 3.8) is 0 Å². The maximum Gasteiger partial charge on any atom is 0.303 e. The molecule has 1 aliphatic heterocycles. The normalized spacial score (nSPS) is 19.6. The molecule has 0 radical (unpaired) electrons. The fourth-order valence-electron chi connectivity index (χ4n) is 3.75. The number of rotatable bonds is 10. The van der Waals surface area contributed by atoms with Crippen LogP contribution in [0.5, 0.6) is 0 Å². The van der Waals surface area contributed by atoms with E-state index < -0.39 is 16.0 Å². The number of halogens is 2. The first-order valence-corrected chi connectivity index (χ1v) is 12.6. The summed E-state index contributed by atoms with van der Waals surface area (Å²) in [5.41, 5.74) is 1.08. The van der Waals surface area contributed by atoms with E-state index in [1.807, 2.05) is 36.4 Å². The molecule has 172 valence electrons. The average Bonchev–Trinajstić information content (AvgIpc) is 3.09. The molecule has 0 aromatic heterocycles. The van der Waals surface area contributed by atoms with Gasteiger partial charge in [-0.05, 0) is 61.2 Å². The number of benzene rings is 2. The van der Waals surface area contributed by atoms with E-state index in [9.17, 15) is 13.2 Å². The standard InChI is InChI=1S/C23H26Cl2N2O4S/c24-18-8-6-17(7-9-18)15-27-16-20(14-21(27)4-2-1-3-5-23(28)29)26-32(30,31)22-12-10-19(25)11-13-22/h2,4,6-13,20-21,26H,1,3,5,14-16H2,(H,28,29)/t20-,21-/m1/s1. The molecule has 0 unspecified atom stereocenters. The number of nitrogens with zero attached hydrogens (tertiary/aromatic N) is 1. The number of likely N-dealkylation sites (tertiary alicyclic amines) is 1. The van der Waals surface area contributed by atoms with Crippen LogP contribution >= 0.6 is 23.2 Å². The first-order chi connectivity index (χ1) is 15.2. The lowest BCUT2D eigenvalue weighted by Gasteiger charge is -2.22. The van der Waals surface area contributed by atoms with E-state index in [4.69, 9.17) is 28.3 Å². The van der Waals surface area contributed by atoms with Crippen LogP contribution in [0, 0.1) is 0 Å². The molecule has 0 saturated carbocycles. The lowest BCUT2D eigenvalue weighted by molar-refractivity contribution is -0.137. The van der Waals surface area contributed by atoms with E-state index in [1.54, 1.807) is 12.1 Å². The summed E-state index contributed by atoms with van der Waals surface area (Å²) >= 11 is 11.9. The highest BCUT2D eigenvalue weighted by Crippen LogP contribution is 2.24. The van der Waals surface area contributed by atoms with Crippen LogP contribution in [0.25, 0.3) is 0 Å². The Morgan fingerprint density at radius 2 is 1.72 bits per heavy atom. The maximum atomic E-state index is 12.8. The number of aliphatic carboxylic acids is 1. The number of carboxylic acids is 1.